The van der Waals surface area contributed by atoms with Gasteiger partial charge in [-0.2, -0.15) is 0 Å². The first-order valence-corrected chi connectivity index (χ1v) is 7.27. The lowest BCUT2D eigenvalue weighted by atomic mass is 10.1. The first kappa shape index (κ1) is 15.0. The molecule has 1 atom stereocenters. The third-order valence-electron chi connectivity index (χ3n) is 3.66. The zero-order valence-corrected chi connectivity index (χ0v) is 12.4. The van der Waals surface area contributed by atoms with Crippen molar-refractivity contribution in [1.29, 1.82) is 0 Å². The number of amides is 1. The number of ether oxygens (including phenoxy) is 1. The van der Waals surface area contributed by atoms with Gasteiger partial charge < -0.3 is 15.0 Å². The zero-order valence-electron chi connectivity index (χ0n) is 12.4. The SMILES string of the molecule is Cc1ccc(CCC(=O)N(C)CC2CNCCO2)cc1. The summed E-state index contributed by atoms with van der Waals surface area (Å²) in [5, 5.41) is 3.28. The highest BCUT2D eigenvalue weighted by molar-refractivity contribution is 5.76. The van der Waals surface area contributed by atoms with E-state index in [1.165, 1.54) is 11.1 Å². The van der Waals surface area contributed by atoms with Gasteiger partial charge in [0.15, 0.2) is 0 Å². The van der Waals surface area contributed by atoms with Gasteiger partial charge in [0.25, 0.3) is 0 Å². The molecule has 1 aromatic rings. The maximum Gasteiger partial charge on any atom is 0.222 e. The molecule has 0 spiro atoms. The largest absolute Gasteiger partial charge is 0.374 e. The van der Waals surface area contributed by atoms with Crippen molar-refractivity contribution in [2.45, 2.75) is 25.9 Å². The number of nitrogens with one attached hydrogen (secondary N) is 1. The van der Waals surface area contributed by atoms with Crippen LogP contribution in [0.25, 0.3) is 0 Å². The van der Waals surface area contributed by atoms with E-state index < -0.39 is 0 Å². The van der Waals surface area contributed by atoms with Gasteiger partial charge >= 0.3 is 0 Å². The number of benzene rings is 1. The molecule has 2 rings (SSSR count). The van der Waals surface area contributed by atoms with Crippen molar-refractivity contribution in [2.24, 2.45) is 0 Å². The third-order valence-corrected chi connectivity index (χ3v) is 3.66. The third kappa shape index (κ3) is 4.62. The summed E-state index contributed by atoms with van der Waals surface area (Å²) in [6.07, 6.45) is 1.48. The Hall–Kier alpha value is -1.39. The maximum atomic E-state index is 12.1. The molecule has 20 heavy (non-hydrogen) atoms. The van der Waals surface area contributed by atoms with Crippen molar-refractivity contribution in [3.8, 4) is 0 Å². The molecule has 0 saturated carbocycles. The van der Waals surface area contributed by atoms with Gasteiger partial charge in [-0.15, -0.1) is 0 Å². The first-order valence-electron chi connectivity index (χ1n) is 7.27. The van der Waals surface area contributed by atoms with Gasteiger partial charge in [-0.25, -0.2) is 0 Å². The molecule has 1 aromatic carbocycles. The summed E-state index contributed by atoms with van der Waals surface area (Å²) in [6, 6.07) is 8.36. The normalized spacial score (nSPS) is 18.8. The Kier molecular flexibility index (Phi) is 5.56. The Bertz CT molecular complexity index is 425. The second-order valence-electron chi connectivity index (χ2n) is 5.46. The first-order chi connectivity index (χ1) is 9.65. The monoisotopic (exact) mass is 276 g/mol. The minimum Gasteiger partial charge on any atom is -0.374 e. The Morgan fingerprint density at radius 1 is 1.40 bits per heavy atom. The van der Waals surface area contributed by atoms with Crippen LogP contribution in [0, 0.1) is 6.92 Å². The minimum absolute atomic E-state index is 0.122. The topological polar surface area (TPSA) is 41.6 Å². The highest BCUT2D eigenvalue weighted by atomic mass is 16.5. The van der Waals surface area contributed by atoms with Crippen molar-refractivity contribution in [1.82, 2.24) is 10.2 Å². The molecule has 1 heterocycles. The highest BCUT2D eigenvalue weighted by Gasteiger charge is 2.18. The minimum atomic E-state index is 0.122. The van der Waals surface area contributed by atoms with Crippen LogP contribution in [-0.2, 0) is 16.0 Å². The van der Waals surface area contributed by atoms with E-state index in [0.29, 0.717) is 13.0 Å². The molecular weight excluding hydrogens is 252 g/mol. The second kappa shape index (κ2) is 7.41. The predicted molar refractivity (Wildman–Crippen MR) is 79.7 cm³/mol. The van der Waals surface area contributed by atoms with Gasteiger partial charge in [0, 0.05) is 33.1 Å². The number of rotatable bonds is 5. The molecule has 1 fully saturated rings. The van der Waals surface area contributed by atoms with Crippen LogP contribution in [0.2, 0.25) is 0 Å². The van der Waals surface area contributed by atoms with Crippen LogP contribution in [0.1, 0.15) is 17.5 Å². The second-order valence-corrected chi connectivity index (χ2v) is 5.46. The molecule has 1 saturated heterocycles. The van der Waals surface area contributed by atoms with Gasteiger partial charge in [0.2, 0.25) is 5.91 Å². The number of carbonyl (C=O) groups is 1. The molecule has 1 N–H and O–H groups in total. The number of carbonyl (C=O) groups excluding carboxylic acids is 1. The molecule has 0 aromatic heterocycles. The van der Waals surface area contributed by atoms with Gasteiger partial charge in [0.1, 0.15) is 0 Å². The van der Waals surface area contributed by atoms with Crippen molar-refractivity contribution in [3.63, 3.8) is 0 Å². The van der Waals surface area contributed by atoms with Crippen molar-refractivity contribution in [2.75, 3.05) is 33.3 Å². The molecule has 0 radical (unpaired) electrons. The van der Waals surface area contributed by atoms with Gasteiger partial charge in [-0.05, 0) is 18.9 Å². The van der Waals surface area contributed by atoms with Crippen LogP contribution in [0.4, 0.5) is 0 Å². The Morgan fingerprint density at radius 3 is 2.80 bits per heavy atom. The summed E-state index contributed by atoms with van der Waals surface area (Å²) in [6.45, 7) is 5.20. The molecule has 1 amide bonds. The molecule has 0 aliphatic carbocycles. The molecule has 110 valence electrons. The van der Waals surface area contributed by atoms with Gasteiger partial charge in [0.05, 0.1) is 12.7 Å². The lowest BCUT2D eigenvalue weighted by molar-refractivity contribution is -0.132. The standard InChI is InChI=1S/C16H24N2O2/c1-13-3-5-14(6-4-13)7-8-16(19)18(2)12-15-11-17-9-10-20-15/h3-6,15,17H,7-12H2,1-2H3. The summed E-state index contributed by atoms with van der Waals surface area (Å²) in [5.74, 6) is 0.180. The van der Waals surface area contributed by atoms with Crippen LogP contribution in [0.15, 0.2) is 24.3 Å². The van der Waals surface area contributed by atoms with E-state index in [9.17, 15) is 4.79 Å². The number of aryl methyl sites for hydroxylation is 2. The van der Waals surface area contributed by atoms with E-state index in [1.807, 2.05) is 7.05 Å². The molecule has 1 unspecified atom stereocenters. The Morgan fingerprint density at radius 2 is 2.15 bits per heavy atom. The Labute approximate surface area is 121 Å². The van der Waals surface area contributed by atoms with Gasteiger partial charge in [-0.3, -0.25) is 4.79 Å². The van der Waals surface area contributed by atoms with E-state index in [1.54, 1.807) is 4.90 Å². The lowest BCUT2D eigenvalue weighted by Crippen LogP contribution is -2.45. The fraction of sp³-hybridized carbons (Fsp3) is 0.562. The summed E-state index contributed by atoms with van der Waals surface area (Å²) >= 11 is 0. The quantitative estimate of drug-likeness (QED) is 0.883. The molecule has 1 aliphatic heterocycles. The molecule has 4 heteroatoms. The smallest absolute Gasteiger partial charge is 0.222 e. The average Bonchev–Trinajstić information content (AvgIpc) is 2.47. The van der Waals surface area contributed by atoms with E-state index in [-0.39, 0.29) is 12.0 Å². The lowest BCUT2D eigenvalue weighted by Gasteiger charge is -2.28. The average molecular weight is 276 g/mol. The van der Waals surface area contributed by atoms with E-state index in [4.69, 9.17) is 4.74 Å². The molecular formula is C16H24N2O2. The number of hydrogen-bond donors (Lipinski definition) is 1. The maximum absolute atomic E-state index is 12.1. The van der Waals surface area contributed by atoms with Crippen LogP contribution >= 0.6 is 0 Å². The molecule has 0 bridgehead atoms. The molecule has 4 nitrogen and oxygen atoms in total. The van der Waals surface area contributed by atoms with Crippen molar-refractivity contribution >= 4 is 5.91 Å². The van der Waals surface area contributed by atoms with Crippen LogP contribution in [-0.4, -0.2) is 50.2 Å². The number of morpholine rings is 1. The fourth-order valence-electron chi connectivity index (χ4n) is 2.34. The number of hydrogen-bond acceptors (Lipinski definition) is 3. The predicted octanol–water partition coefficient (Wildman–Crippen LogP) is 1.37. The summed E-state index contributed by atoms with van der Waals surface area (Å²) in [4.78, 5) is 13.9. The Balaban J connectivity index is 1.74. The van der Waals surface area contributed by atoms with Crippen molar-refractivity contribution < 1.29 is 9.53 Å². The van der Waals surface area contributed by atoms with Gasteiger partial charge in [-0.1, -0.05) is 29.8 Å². The fourth-order valence-corrected chi connectivity index (χ4v) is 2.34. The summed E-state index contributed by atoms with van der Waals surface area (Å²) in [5.41, 5.74) is 2.46. The van der Waals surface area contributed by atoms with Crippen LogP contribution in [0.5, 0.6) is 0 Å². The summed E-state index contributed by atoms with van der Waals surface area (Å²) in [7, 11) is 1.86. The van der Waals surface area contributed by atoms with Crippen molar-refractivity contribution in [3.05, 3.63) is 35.4 Å². The number of likely N-dealkylation sites (N-methyl/N-ethyl adjacent to an activating group) is 1. The zero-order chi connectivity index (χ0) is 14.4. The van der Waals surface area contributed by atoms with Crippen LogP contribution < -0.4 is 5.32 Å². The summed E-state index contributed by atoms with van der Waals surface area (Å²) < 4.78 is 5.62. The molecule has 1 aliphatic rings. The van der Waals surface area contributed by atoms with E-state index >= 15 is 0 Å². The van der Waals surface area contributed by atoms with E-state index in [0.717, 1.165) is 26.1 Å². The number of nitrogens with zero attached hydrogens (tertiary/aromatic N) is 1. The highest BCUT2D eigenvalue weighted by Crippen LogP contribution is 2.07. The van der Waals surface area contributed by atoms with Crippen LogP contribution in [0.3, 0.4) is 0 Å². The van der Waals surface area contributed by atoms with E-state index in [2.05, 4.69) is 36.5 Å².